The van der Waals surface area contributed by atoms with Crippen LogP contribution >= 0.6 is 0 Å². The molecule has 0 unspecified atom stereocenters. The van der Waals surface area contributed by atoms with Crippen molar-refractivity contribution in [3.63, 3.8) is 0 Å². The Labute approximate surface area is 96.5 Å². The Hall–Kier alpha value is -0.910. The lowest BCUT2D eigenvalue weighted by Crippen LogP contribution is -2.31. The number of ether oxygens (including phenoxy) is 1. The average molecular weight is 227 g/mol. The van der Waals surface area contributed by atoms with Gasteiger partial charge in [0.15, 0.2) is 5.76 Å². The number of hydrogen-bond acceptors (Lipinski definition) is 5. The van der Waals surface area contributed by atoms with E-state index in [4.69, 9.17) is 9.26 Å². The molecule has 0 spiro atoms. The average Bonchev–Trinajstić information content (AvgIpc) is 2.65. The van der Waals surface area contributed by atoms with Crippen LogP contribution in [0.5, 0.6) is 0 Å². The molecule has 0 fully saturated rings. The number of nitrogens with zero attached hydrogens (tertiary/aromatic N) is 1. The van der Waals surface area contributed by atoms with Crippen molar-refractivity contribution in [2.45, 2.75) is 33.0 Å². The van der Waals surface area contributed by atoms with E-state index in [0.29, 0.717) is 12.6 Å². The van der Waals surface area contributed by atoms with Crippen LogP contribution in [0.25, 0.3) is 0 Å². The van der Waals surface area contributed by atoms with Gasteiger partial charge in [-0.3, -0.25) is 0 Å². The molecule has 16 heavy (non-hydrogen) atoms. The number of methoxy groups -OCH3 is 1. The molecule has 0 aromatic carbocycles. The van der Waals surface area contributed by atoms with Crippen LogP contribution in [0.4, 0.5) is 0 Å². The largest absolute Gasteiger partial charge is 0.377 e. The number of rotatable bonds is 8. The summed E-state index contributed by atoms with van der Waals surface area (Å²) >= 11 is 0. The molecule has 0 saturated carbocycles. The van der Waals surface area contributed by atoms with E-state index in [2.05, 4.69) is 29.6 Å². The Morgan fingerprint density at radius 1 is 1.44 bits per heavy atom. The van der Waals surface area contributed by atoms with Gasteiger partial charge in [-0.2, -0.15) is 0 Å². The van der Waals surface area contributed by atoms with Crippen LogP contribution in [-0.2, 0) is 17.9 Å². The van der Waals surface area contributed by atoms with E-state index in [-0.39, 0.29) is 0 Å². The summed E-state index contributed by atoms with van der Waals surface area (Å²) in [6.07, 6.45) is 0. The fourth-order valence-electron chi connectivity index (χ4n) is 1.32. The van der Waals surface area contributed by atoms with Gasteiger partial charge in [0.1, 0.15) is 6.61 Å². The van der Waals surface area contributed by atoms with Gasteiger partial charge in [0.05, 0.1) is 5.69 Å². The van der Waals surface area contributed by atoms with Crippen molar-refractivity contribution in [1.29, 1.82) is 0 Å². The van der Waals surface area contributed by atoms with Gasteiger partial charge in [-0.1, -0.05) is 19.0 Å². The second-order valence-corrected chi connectivity index (χ2v) is 4.00. The summed E-state index contributed by atoms with van der Waals surface area (Å²) < 4.78 is 10.0. The van der Waals surface area contributed by atoms with Gasteiger partial charge in [0.2, 0.25) is 0 Å². The smallest absolute Gasteiger partial charge is 0.162 e. The van der Waals surface area contributed by atoms with Gasteiger partial charge in [-0.05, 0) is 0 Å². The van der Waals surface area contributed by atoms with Crippen LogP contribution in [0, 0.1) is 0 Å². The summed E-state index contributed by atoms with van der Waals surface area (Å²) in [6, 6.07) is 2.44. The molecule has 5 nitrogen and oxygen atoms in total. The maximum atomic E-state index is 5.07. The van der Waals surface area contributed by atoms with E-state index in [1.807, 2.05) is 6.07 Å². The predicted octanol–water partition coefficient (Wildman–Crippen LogP) is 0.909. The highest BCUT2D eigenvalue weighted by Crippen LogP contribution is 2.03. The van der Waals surface area contributed by atoms with E-state index in [1.165, 1.54) is 0 Å². The van der Waals surface area contributed by atoms with Crippen LogP contribution in [0.3, 0.4) is 0 Å². The molecule has 0 aliphatic heterocycles. The van der Waals surface area contributed by atoms with Crippen molar-refractivity contribution in [1.82, 2.24) is 15.8 Å². The second-order valence-electron chi connectivity index (χ2n) is 4.00. The third-order valence-electron chi connectivity index (χ3n) is 2.05. The van der Waals surface area contributed by atoms with Crippen molar-refractivity contribution in [2.75, 3.05) is 20.2 Å². The van der Waals surface area contributed by atoms with Gasteiger partial charge >= 0.3 is 0 Å². The third kappa shape index (κ3) is 5.25. The zero-order valence-electron chi connectivity index (χ0n) is 10.2. The fourth-order valence-corrected chi connectivity index (χ4v) is 1.32. The van der Waals surface area contributed by atoms with Crippen LogP contribution < -0.4 is 10.6 Å². The Balaban J connectivity index is 2.12. The highest BCUT2D eigenvalue weighted by molar-refractivity contribution is 5.04. The topological polar surface area (TPSA) is 59.3 Å². The van der Waals surface area contributed by atoms with E-state index in [0.717, 1.165) is 31.1 Å². The SMILES string of the molecule is COCc1cc(CNCCNC(C)C)no1. The zero-order chi connectivity index (χ0) is 11.8. The molecule has 1 heterocycles. The highest BCUT2D eigenvalue weighted by atomic mass is 16.5. The number of nitrogens with one attached hydrogen (secondary N) is 2. The predicted molar refractivity (Wildman–Crippen MR) is 62.1 cm³/mol. The summed E-state index contributed by atoms with van der Waals surface area (Å²) in [6.45, 7) is 7.35. The molecule has 0 atom stereocenters. The minimum atomic E-state index is 0.474. The van der Waals surface area contributed by atoms with E-state index < -0.39 is 0 Å². The normalized spacial score (nSPS) is 11.2. The molecule has 0 aliphatic carbocycles. The lowest BCUT2D eigenvalue weighted by atomic mass is 10.3. The first-order valence-corrected chi connectivity index (χ1v) is 5.60. The first-order chi connectivity index (χ1) is 7.72. The summed E-state index contributed by atoms with van der Waals surface area (Å²) in [5, 5.41) is 10.5. The lowest BCUT2D eigenvalue weighted by Gasteiger charge is -2.07. The van der Waals surface area contributed by atoms with Gasteiger partial charge in [-0.25, -0.2) is 0 Å². The summed E-state index contributed by atoms with van der Waals surface area (Å²) in [7, 11) is 1.64. The van der Waals surface area contributed by atoms with Crippen LogP contribution in [0.1, 0.15) is 25.3 Å². The van der Waals surface area contributed by atoms with Crippen molar-refractivity contribution in [3.8, 4) is 0 Å². The Bertz CT molecular complexity index is 287. The van der Waals surface area contributed by atoms with Gasteiger partial charge in [0.25, 0.3) is 0 Å². The van der Waals surface area contributed by atoms with Crippen molar-refractivity contribution < 1.29 is 9.26 Å². The molecule has 0 bridgehead atoms. The summed E-state index contributed by atoms with van der Waals surface area (Å²) in [5.41, 5.74) is 0.914. The van der Waals surface area contributed by atoms with Gasteiger partial charge < -0.3 is 19.9 Å². The summed E-state index contributed by atoms with van der Waals surface area (Å²) in [5.74, 6) is 0.764. The number of aromatic nitrogens is 1. The number of hydrogen-bond donors (Lipinski definition) is 2. The highest BCUT2D eigenvalue weighted by Gasteiger charge is 2.02. The minimum absolute atomic E-state index is 0.474. The van der Waals surface area contributed by atoms with E-state index >= 15 is 0 Å². The molecule has 1 rings (SSSR count). The molecule has 0 aliphatic rings. The van der Waals surface area contributed by atoms with Gasteiger partial charge in [-0.15, -0.1) is 0 Å². The first-order valence-electron chi connectivity index (χ1n) is 5.60. The minimum Gasteiger partial charge on any atom is -0.377 e. The molecule has 2 N–H and O–H groups in total. The third-order valence-corrected chi connectivity index (χ3v) is 2.05. The van der Waals surface area contributed by atoms with Crippen LogP contribution in [-0.4, -0.2) is 31.4 Å². The molecule has 1 aromatic rings. The maximum Gasteiger partial charge on any atom is 0.162 e. The standard InChI is InChI=1S/C11H21N3O2/c1-9(2)13-5-4-12-7-10-6-11(8-15-3)16-14-10/h6,9,12-13H,4-5,7-8H2,1-3H3. The monoisotopic (exact) mass is 227 g/mol. The van der Waals surface area contributed by atoms with Crippen molar-refractivity contribution >= 4 is 0 Å². The quantitative estimate of drug-likeness (QED) is 0.646. The molecule has 1 aromatic heterocycles. The molecular formula is C11H21N3O2. The Kier molecular flexibility index (Phi) is 6.07. The van der Waals surface area contributed by atoms with Crippen molar-refractivity contribution in [2.24, 2.45) is 0 Å². The zero-order valence-corrected chi connectivity index (χ0v) is 10.2. The second kappa shape index (κ2) is 7.38. The Morgan fingerprint density at radius 2 is 2.25 bits per heavy atom. The molecule has 92 valence electrons. The van der Waals surface area contributed by atoms with Gasteiger partial charge in [0, 0.05) is 38.9 Å². The van der Waals surface area contributed by atoms with Crippen LogP contribution in [0.2, 0.25) is 0 Å². The Morgan fingerprint density at radius 3 is 2.94 bits per heavy atom. The molecule has 0 amide bonds. The maximum absolute atomic E-state index is 5.07. The molecular weight excluding hydrogens is 206 g/mol. The molecule has 5 heteroatoms. The lowest BCUT2D eigenvalue weighted by molar-refractivity contribution is 0.155. The van der Waals surface area contributed by atoms with Crippen molar-refractivity contribution in [3.05, 3.63) is 17.5 Å². The molecule has 0 radical (unpaired) electrons. The first kappa shape index (κ1) is 13.2. The van der Waals surface area contributed by atoms with E-state index in [1.54, 1.807) is 7.11 Å². The summed E-state index contributed by atoms with van der Waals surface area (Å²) in [4.78, 5) is 0. The fraction of sp³-hybridized carbons (Fsp3) is 0.727. The van der Waals surface area contributed by atoms with E-state index in [9.17, 15) is 0 Å². The van der Waals surface area contributed by atoms with Crippen LogP contribution in [0.15, 0.2) is 10.6 Å². The molecule has 0 saturated heterocycles.